The fraction of sp³-hybridized carbons (Fsp3) is 0.167. The molecule has 0 bridgehead atoms. The van der Waals surface area contributed by atoms with Crippen LogP contribution >= 0.6 is 15.9 Å². The van der Waals surface area contributed by atoms with Crippen LogP contribution in [0.2, 0.25) is 0 Å². The fourth-order valence-electron chi connectivity index (χ4n) is 2.17. The van der Waals surface area contributed by atoms with Crippen molar-refractivity contribution in [2.24, 2.45) is 0 Å². The van der Waals surface area contributed by atoms with Crippen LogP contribution in [0.4, 0.5) is 5.69 Å². The molecular weight excluding hydrogens is 400 g/mol. The molecule has 0 aliphatic carbocycles. The first kappa shape index (κ1) is 17.9. The maximum atomic E-state index is 5.76. The summed E-state index contributed by atoms with van der Waals surface area (Å²) in [5.41, 5.74) is 1.84. The van der Waals surface area contributed by atoms with E-state index in [9.17, 15) is 0 Å². The summed E-state index contributed by atoms with van der Waals surface area (Å²) in [6.07, 6.45) is 1.65. The zero-order chi connectivity index (χ0) is 18.4. The van der Waals surface area contributed by atoms with E-state index in [1.165, 1.54) is 14.2 Å². The number of hydrogen-bond acceptors (Lipinski definition) is 7. The Bertz CT molecular complexity index is 870. The first-order chi connectivity index (χ1) is 12.7. The van der Waals surface area contributed by atoms with Crippen molar-refractivity contribution in [3.63, 3.8) is 0 Å². The highest BCUT2D eigenvalue weighted by atomic mass is 79.9. The second kappa shape index (κ2) is 8.48. The predicted molar refractivity (Wildman–Crippen MR) is 101 cm³/mol. The number of anilines is 1. The van der Waals surface area contributed by atoms with Gasteiger partial charge in [-0.1, -0.05) is 28.1 Å². The Labute approximate surface area is 159 Å². The molecule has 8 heteroatoms. The summed E-state index contributed by atoms with van der Waals surface area (Å²) in [4.78, 5) is 12.6. The van der Waals surface area contributed by atoms with Crippen LogP contribution in [0, 0.1) is 0 Å². The lowest BCUT2D eigenvalue weighted by Crippen LogP contribution is -2.04. The topological polar surface area (TPSA) is 78.4 Å². The maximum Gasteiger partial charge on any atom is 0.330 e. The normalized spacial score (nSPS) is 10.3. The van der Waals surface area contributed by atoms with Gasteiger partial charge in [0.2, 0.25) is 17.6 Å². The van der Waals surface area contributed by atoms with Crippen molar-refractivity contribution in [3.05, 3.63) is 58.7 Å². The number of hydrogen-bond donors (Lipinski definition) is 1. The molecule has 26 heavy (non-hydrogen) atoms. The third-order valence-electron chi connectivity index (χ3n) is 3.42. The molecule has 1 aromatic carbocycles. The van der Waals surface area contributed by atoms with Crippen LogP contribution in [0.25, 0.3) is 0 Å². The zero-order valence-corrected chi connectivity index (χ0v) is 15.9. The monoisotopic (exact) mass is 416 g/mol. The molecule has 0 saturated heterocycles. The van der Waals surface area contributed by atoms with Crippen LogP contribution < -0.4 is 19.5 Å². The Hall–Kier alpha value is -2.87. The van der Waals surface area contributed by atoms with Crippen LogP contribution in [-0.2, 0) is 6.54 Å². The summed E-state index contributed by atoms with van der Waals surface area (Å²) in [5.74, 6) is 1.10. The van der Waals surface area contributed by atoms with Crippen molar-refractivity contribution in [1.82, 2.24) is 15.0 Å². The average molecular weight is 417 g/mol. The SMILES string of the molecule is COc1cc(OC)nc(Oc2ncccc2CNc2cccc(Br)c2)n1. The predicted octanol–water partition coefficient (Wildman–Crippen LogP) is 4.06. The van der Waals surface area contributed by atoms with Crippen molar-refractivity contribution in [2.75, 3.05) is 19.5 Å². The number of ether oxygens (including phenoxy) is 3. The lowest BCUT2D eigenvalue weighted by molar-refractivity contribution is 0.344. The van der Waals surface area contributed by atoms with Gasteiger partial charge in [0.25, 0.3) is 0 Å². The van der Waals surface area contributed by atoms with Gasteiger partial charge in [-0.05, 0) is 24.3 Å². The highest BCUT2D eigenvalue weighted by molar-refractivity contribution is 9.10. The van der Waals surface area contributed by atoms with Crippen molar-refractivity contribution in [2.45, 2.75) is 6.54 Å². The van der Waals surface area contributed by atoms with E-state index in [1.54, 1.807) is 12.3 Å². The molecule has 0 fully saturated rings. The van der Waals surface area contributed by atoms with Gasteiger partial charge in [0.1, 0.15) is 0 Å². The smallest absolute Gasteiger partial charge is 0.330 e. The molecule has 7 nitrogen and oxygen atoms in total. The maximum absolute atomic E-state index is 5.76. The standard InChI is InChI=1S/C18H17BrN4O3/c1-24-15-10-16(25-2)23-18(22-15)26-17-12(5-4-8-20-17)11-21-14-7-3-6-13(19)9-14/h3-10,21H,11H2,1-2H3. The number of nitrogens with zero attached hydrogens (tertiary/aromatic N) is 3. The van der Waals surface area contributed by atoms with E-state index in [1.807, 2.05) is 36.4 Å². The number of pyridine rings is 1. The van der Waals surface area contributed by atoms with Gasteiger partial charge < -0.3 is 19.5 Å². The molecule has 3 aromatic rings. The molecule has 0 unspecified atom stereocenters. The van der Waals surface area contributed by atoms with Gasteiger partial charge in [-0.2, -0.15) is 9.97 Å². The Balaban J connectivity index is 1.79. The first-order valence-corrected chi connectivity index (χ1v) is 8.55. The molecule has 2 heterocycles. The largest absolute Gasteiger partial charge is 0.481 e. The van der Waals surface area contributed by atoms with Gasteiger partial charge in [-0.25, -0.2) is 4.98 Å². The summed E-state index contributed by atoms with van der Waals surface area (Å²) in [6, 6.07) is 13.3. The minimum absolute atomic E-state index is 0.101. The van der Waals surface area contributed by atoms with E-state index >= 15 is 0 Å². The highest BCUT2D eigenvalue weighted by Crippen LogP contribution is 2.25. The van der Waals surface area contributed by atoms with Gasteiger partial charge in [-0.3, -0.25) is 0 Å². The van der Waals surface area contributed by atoms with E-state index in [-0.39, 0.29) is 6.01 Å². The Morgan fingerprint density at radius 3 is 2.46 bits per heavy atom. The Morgan fingerprint density at radius 2 is 1.77 bits per heavy atom. The summed E-state index contributed by atoms with van der Waals surface area (Å²) < 4.78 is 17.0. The molecule has 0 aliphatic rings. The average Bonchev–Trinajstić information content (AvgIpc) is 2.67. The van der Waals surface area contributed by atoms with Gasteiger partial charge in [-0.15, -0.1) is 0 Å². The van der Waals surface area contributed by atoms with Crippen LogP contribution in [0.3, 0.4) is 0 Å². The van der Waals surface area contributed by atoms with Crippen molar-refractivity contribution >= 4 is 21.6 Å². The van der Waals surface area contributed by atoms with E-state index in [0.29, 0.717) is 24.2 Å². The minimum Gasteiger partial charge on any atom is -0.481 e. The number of aromatic nitrogens is 3. The Kier molecular flexibility index (Phi) is 5.85. The van der Waals surface area contributed by atoms with Gasteiger partial charge in [0.15, 0.2) is 0 Å². The van der Waals surface area contributed by atoms with Crippen molar-refractivity contribution in [3.8, 4) is 23.7 Å². The van der Waals surface area contributed by atoms with E-state index < -0.39 is 0 Å². The molecule has 1 N–H and O–H groups in total. The second-order valence-electron chi connectivity index (χ2n) is 5.17. The molecule has 0 saturated carbocycles. The third kappa shape index (κ3) is 4.60. The quantitative estimate of drug-likeness (QED) is 0.621. The number of rotatable bonds is 7. The molecular formula is C18H17BrN4O3. The summed E-state index contributed by atoms with van der Waals surface area (Å²) in [7, 11) is 3.03. The molecule has 0 atom stereocenters. The van der Waals surface area contributed by atoms with E-state index in [0.717, 1.165) is 15.7 Å². The number of halogens is 1. The lowest BCUT2D eigenvalue weighted by atomic mass is 10.2. The van der Waals surface area contributed by atoms with E-state index in [4.69, 9.17) is 14.2 Å². The Morgan fingerprint density at radius 1 is 1.00 bits per heavy atom. The van der Waals surface area contributed by atoms with Crippen molar-refractivity contribution in [1.29, 1.82) is 0 Å². The number of nitrogens with one attached hydrogen (secondary N) is 1. The molecule has 0 amide bonds. The summed E-state index contributed by atoms with van der Waals surface area (Å²) in [5, 5.41) is 3.33. The van der Waals surface area contributed by atoms with Crippen LogP contribution in [0.15, 0.2) is 53.1 Å². The van der Waals surface area contributed by atoms with Crippen LogP contribution in [-0.4, -0.2) is 29.2 Å². The molecule has 134 valence electrons. The highest BCUT2D eigenvalue weighted by Gasteiger charge is 2.11. The molecule has 0 radical (unpaired) electrons. The molecule has 2 aromatic heterocycles. The summed E-state index contributed by atoms with van der Waals surface area (Å²) >= 11 is 3.46. The summed E-state index contributed by atoms with van der Waals surface area (Å²) in [6.45, 7) is 0.529. The van der Waals surface area contributed by atoms with E-state index in [2.05, 4.69) is 36.2 Å². The second-order valence-corrected chi connectivity index (χ2v) is 6.08. The molecule has 0 spiro atoms. The third-order valence-corrected chi connectivity index (χ3v) is 3.92. The van der Waals surface area contributed by atoms with Gasteiger partial charge in [0, 0.05) is 28.5 Å². The molecule has 0 aliphatic heterocycles. The number of benzene rings is 1. The fourth-order valence-corrected chi connectivity index (χ4v) is 2.57. The van der Waals surface area contributed by atoms with Crippen LogP contribution in [0.5, 0.6) is 23.7 Å². The first-order valence-electron chi connectivity index (χ1n) is 7.76. The van der Waals surface area contributed by atoms with Crippen molar-refractivity contribution < 1.29 is 14.2 Å². The minimum atomic E-state index is 0.101. The zero-order valence-electron chi connectivity index (χ0n) is 14.3. The lowest BCUT2D eigenvalue weighted by Gasteiger charge is -2.11. The van der Waals surface area contributed by atoms with Crippen LogP contribution in [0.1, 0.15) is 5.56 Å². The van der Waals surface area contributed by atoms with Gasteiger partial charge >= 0.3 is 6.01 Å². The molecule has 3 rings (SSSR count). The van der Waals surface area contributed by atoms with Gasteiger partial charge in [0.05, 0.1) is 20.3 Å². The number of methoxy groups -OCH3 is 2.